The molecule has 1 amide bonds. The SMILES string of the molecule is CC(=O)N1c2ccccc2OC(CCN2CCCC2)c2ccccc21. The molecule has 1 unspecified atom stereocenters. The molecule has 1 atom stereocenters. The lowest BCUT2D eigenvalue weighted by Crippen LogP contribution is -2.24. The molecule has 4 nitrogen and oxygen atoms in total. The Labute approximate surface area is 149 Å². The highest BCUT2D eigenvalue weighted by atomic mass is 16.5. The molecule has 25 heavy (non-hydrogen) atoms. The fraction of sp³-hybridized carbons (Fsp3) is 0.381. The summed E-state index contributed by atoms with van der Waals surface area (Å²) in [5.74, 6) is 0.781. The second-order valence-corrected chi connectivity index (χ2v) is 6.82. The van der Waals surface area contributed by atoms with Gasteiger partial charge in [-0.3, -0.25) is 9.69 Å². The van der Waals surface area contributed by atoms with E-state index in [-0.39, 0.29) is 12.0 Å². The van der Waals surface area contributed by atoms with Crippen molar-refractivity contribution in [3.63, 3.8) is 0 Å². The van der Waals surface area contributed by atoms with Gasteiger partial charge in [0.1, 0.15) is 11.9 Å². The number of amides is 1. The van der Waals surface area contributed by atoms with Crippen LogP contribution >= 0.6 is 0 Å². The number of para-hydroxylation sites is 3. The highest BCUT2D eigenvalue weighted by molar-refractivity contribution is 6.01. The molecule has 0 spiro atoms. The number of carbonyl (C=O) groups excluding carboxylic acids is 1. The maximum atomic E-state index is 12.4. The van der Waals surface area contributed by atoms with Crippen molar-refractivity contribution < 1.29 is 9.53 Å². The highest BCUT2D eigenvalue weighted by Crippen LogP contribution is 2.44. The first-order valence-electron chi connectivity index (χ1n) is 9.12. The van der Waals surface area contributed by atoms with Crippen molar-refractivity contribution in [2.24, 2.45) is 0 Å². The summed E-state index contributed by atoms with van der Waals surface area (Å²) in [6, 6.07) is 15.9. The van der Waals surface area contributed by atoms with Crippen LogP contribution in [0, 0.1) is 0 Å². The van der Waals surface area contributed by atoms with Gasteiger partial charge in [0.05, 0.1) is 11.4 Å². The summed E-state index contributed by atoms with van der Waals surface area (Å²) >= 11 is 0. The Morgan fingerprint density at radius 3 is 2.48 bits per heavy atom. The topological polar surface area (TPSA) is 32.8 Å². The zero-order chi connectivity index (χ0) is 17.2. The molecule has 0 bridgehead atoms. The van der Waals surface area contributed by atoms with Gasteiger partial charge in [-0.2, -0.15) is 0 Å². The Kier molecular flexibility index (Phi) is 4.45. The van der Waals surface area contributed by atoms with Crippen LogP contribution in [0.1, 0.15) is 37.9 Å². The first-order valence-corrected chi connectivity index (χ1v) is 9.12. The standard InChI is InChI=1S/C21H24N2O2/c1-16(24)23-18-9-3-2-8-17(18)20(12-15-22-13-6-7-14-22)25-21-11-5-4-10-19(21)23/h2-5,8-11,20H,6-7,12-15H2,1H3. The highest BCUT2D eigenvalue weighted by Gasteiger charge is 2.30. The van der Waals surface area contributed by atoms with Crippen LogP contribution in [0.2, 0.25) is 0 Å². The minimum Gasteiger partial charge on any atom is -0.483 e. The van der Waals surface area contributed by atoms with Crippen molar-refractivity contribution in [2.45, 2.75) is 32.3 Å². The Morgan fingerprint density at radius 1 is 1.04 bits per heavy atom. The average molecular weight is 336 g/mol. The molecular formula is C21H24N2O2. The van der Waals surface area contributed by atoms with Crippen molar-refractivity contribution in [1.29, 1.82) is 0 Å². The molecule has 130 valence electrons. The molecule has 4 rings (SSSR count). The van der Waals surface area contributed by atoms with Gasteiger partial charge in [-0.1, -0.05) is 30.3 Å². The van der Waals surface area contributed by atoms with E-state index in [1.807, 2.05) is 42.5 Å². The van der Waals surface area contributed by atoms with Crippen molar-refractivity contribution in [1.82, 2.24) is 4.90 Å². The van der Waals surface area contributed by atoms with Crippen LogP contribution in [0.15, 0.2) is 48.5 Å². The number of fused-ring (bicyclic) bond motifs is 2. The van der Waals surface area contributed by atoms with Gasteiger partial charge in [0.25, 0.3) is 0 Å². The number of rotatable bonds is 3. The van der Waals surface area contributed by atoms with Gasteiger partial charge in [0.2, 0.25) is 5.91 Å². The van der Waals surface area contributed by atoms with Crippen molar-refractivity contribution in [3.05, 3.63) is 54.1 Å². The summed E-state index contributed by atoms with van der Waals surface area (Å²) in [7, 11) is 0. The number of benzene rings is 2. The van der Waals surface area contributed by atoms with Gasteiger partial charge < -0.3 is 9.64 Å². The van der Waals surface area contributed by atoms with Crippen LogP contribution in [0.25, 0.3) is 0 Å². The number of hydrogen-bond donors (Lipinski definition) is 0. The molecule has 1 fully saturated rings. The van der Waals surface area contributed by atoms with E-state index in [4.69, 9.17) is 4.74 Å². The molecule has 2 heterocycles. The lowest BCUT2D eigenvalue weighted by atomic mass is 10.0. The van der Waals surface area contributed by atoms with Crippen LogP contribution < -0.4 is 9.64 Å². The molecule has 0 N–H and O–H groups in total. The van der Waals surface area contributed by atoms with Crippen molar-refractivity contribution in [2.75, 3.05) is 24.5 Å². The number of ether oxygens (including phenoxy) is 1. The smallest absolute Gasteiger partial charge is 0.228 e. The monoisotopic (exact) mass is 336 g/mol. The van der Waals surface area contributed by atoms with Gasteiger partial charge in [0.15, 0.2) is 0 Å². The third kappa shape index (κ3) is 3.14. The van der Waals surface area contributed by atoms with Gasteiger partial charge in [-0.15, -0.1) is 0 Å². The summed E-state index contributed by atoms with van der Waals surface area (Å²) in [6.45, 7) is 5.01. The summed E-state index contributed by atoms with van der Waals surface area (Å²) in [5, 5.41) is 0. The minimum atomic E-state index is -0.0395. The summed E-state index contributed by atoms with van der Waals surface area (Å²) in [4.78, 5) is 16.7. The zero-order valence-corrected chi connectivity index (χ0v) is 14.6. The second-order valence-electron chi connectivity index (χ2n) is 6.82. The van der Waals surface area contributed by atoms with Crippen LogP contribution in [-0.4, -0.2) is 30.4 Å². The van der Waals surface area contributed by atoms with E-state index in [9.17, 15) is 4.79 Å². The lowest BCUT2D eigenvalue weighted by Gasteiger charge is -2.23. The van der Waals surface area contributed by atoms with E-state index < -0.39 is 0 Å². The molecule has 2 aliphatic rings. The third-order valence-electron chi connectivity index (χ3n) is 5.12. The normalized spacial score (nSPS) is 19.7. The molecule has 1 saturated heterocycles. The maximum Gasteiger partial charge on any atom is 0.228 e. The van der Waals surface area contributed by atoms with E-state index in [1.54, 1.807) is 11.8 Å². The van der Waals surface area contributed by atoms with Gasteiger partial charge >= 0.3 is 0 Å². The number of likely N-dealkylation sites (tertiary alicyclic amines) is 1. The summed E-state index contributed by atoms with van der Waals surface area (Å²) in [5.41, 5.74) is 2.85. The van der Waals surface area contributed by atoms with E-state index in [2.05, 4.69) is 11.0 Å². The Morgan fingerprint density at radius 2 is 1.72 bits per heavy atom. The van der Waals surface area contributed by atoms with Crippen LogP contribution in [0.3, 0.4) is 0 Å². The number of anilines is 2. The predicted octanol–water partition coefficient (Wildman–Crippen LogP) is 4.29. The Hall–Kier alpha value is -2.33. The van der Waals surface area contributed by atoms with E-state index >= 15 is 0 Å². The van der Waals surface area contributed by atoms with Crippen molar-refractivity contribution in [3.8, 4) is 5.75 Å². The summed E-state index contributed by atoms with van der Waals surface area (Å²) < 4.78 is 6.40. The molecule has 0 saturated carbocycles. The Bertz CT molecular complexity index is 768. The van der Waals surface area contributed by atoms with Gasteiger partial charge in [-0.05, 0) is 44.1 Å². The molecule has 0 radical (unpaired) electrons. The van der Waals surface area contributed by atoms with Gasteiger partial charge in [0, 0.05) is 25.5 Å². The molecule has 0 aliphatic carbocycles. The zero-order valence-electron chi connectivity index (χ0n) is 14.6. The van der Waals surface area contributed by atoms with Crippen LogP contribution in [0.4, 0.5) is 11.4 Å². The third-order valence-corrected chi connectivity index (χ3v) is 5.12. The lowest BCUT2D eigenvalue weighted by molar-refractivity contribution is -0.115. The fourth-order valence-corrected chi connectivity index (χ4v) is 3.91. The van der Waals surface area contributed by atoms with Crippen LogP contribution in [0.5, 0.6) is 5.75 Å². The first kappa shape index (κ1) is 16.2. The molecular weight excluding hydrogens is 312 g/mol. The largest absolute Gasteiger partial charge is 0.483 e. The summed E-state index contributed by atoms with van der Waals surface area (Å²) in [6.07, 6.45) is 3.48. The molecule has 2 aliphatic heterocycles. The average Bonchev–Trinajstić information content (AvgIpc) is 3.09. The van der Waals surface area contributed by atoms with E-state index in [0.29, 0.717) is 0 Å². The van der Waals surface area contributed by atoms with Gasteiger partial charge in [-0.25, -0.2) is 0 Å². The first-order chi connectivity index (χ1) is 12.2. The quantitative estimate of drug-likeness (QED) is 0.838. The molecule has 0 aromatic heterocycles. The number of hydrogen-bond acceptors (Lipinski definition) is 3. The predicted molar refractivity (Wildman–Crippen MR) is 99.4 cm³/mol. The maximum absolute atomic E-state index is 12.4. The molecule has 4 heteroatoms. The number of carbonyl (C=O) groups is 1. The molecule has 2 aromatic carbocycles. The number of nitrogens with zero attached hydrogens (tertiary/aromatic N) is 2. The van der Waals surface area contributed by atoms with Crippen molar-refractivity contribution >= 4 is 17.3 Å². The Balaban J connectivity index is 1.72. The molecule has 2 aromatic rings. The second kappa shape index (κ2) is 6.89. The minimum absolute atomic E-state index is 0.00342. The fourth-order valence-electron chi connectivity index (χ4n) is 3.91. The van der Waals surface area contributed by atoms with E-state index in [0.717, 1.165) is 35.7 Å². The van der Waals surface area contributed by atoms with Crippen LogP contribution in [-0.2, 0) is 4.79 Å². The van der Waals surface area contributed by atoms with E-state index in [1.165, 1.54) is 25.9 Å².